The summed E-state index contributed by atoms with van der Waals surface area (Å²) >= 11 is 0. The first-order valence-electron chi connectivity index (χ1n) is 11.1. The van der Waals surface area contributed by atoms with E-state index in [0.717, 1.165) is 29.4 Å². The maximum atomic E-state index is 6.13. The first kappa shape index (κ1) is 20.4. The Bertz CT molecular complexity index is 1200. The molecule has 1 unspecified atom stereocenters. The summed E-state index contributed by atoms with van der Waals surface area (Å²) in [7, 11) is 1.69. The van der Waals surface area contributed by atoms with Crippen LogP contribution in [-0.2, 0) is 0 Å². The zero-order valence-corrected chi connectivity index (χ0v) is 18.5. The van der Waals surface area contributed by atoms with E-state index in [-0.39, 0.29) is 12.1 Å². The fourth-order valence-corrected chi connectivity index (χ4v) is 4.53. The van der Waals surface area contributed by atoms with Gasteiger partial charge in [-0.05, 0) is 59.7 Å². The van der Waals surface area contributed by atoms with Crippen LogP contribution in [0.15, 0.2) is 91.0 Å². The van der Waals surface area contributed by atoms with Crippen molar-refractivity contribution in [3.63, 3.8) is 0 Å². The summed E-state index contributed by atoms with van der Waals surface area (Å²) in [5, 5.41) is 6.34. The van der Waals surface area contributed by atoms with Crippen molar-refractivity contribution in [2.75, 3.05) is 25.2 Å². The Morgan fingerprint density at radius 3 is 2.53 bits per heavy atom. The Balaban J connectivity index is 1.41. The molecule has 162 valence electrons. The largest absolute Gasteiger partial charge is 0.497 e. The van der Waals surface area contributed by atoms with Crippen molar-refractivity contribution in [2.45, 2.75) is 19.0 Å². The van der Waals surface area contributed by atoms with Crippen molar-refractivity contribution in [2.24, 2.45) is 0 Å². The van der Waals surface area contributed by atoms with Gasteiger partial charge in [0.25, 0.3) is 0 Å². The number of fused-ring (bicyclic) bond motifs is 2. The third-order valence-corrected chi connectivity index (χ3v) is 6.22. The first-order chi connectivity index (χ1) is 15.7. The van der Waals surface area contributed by atoms with E-state index < -0.39 is 0 Å². The summed E-state index contributed by atoms with van der Waals surface area (Å²) < 4.78 is 11.5. The standard InChI is InChI=1S/C28H28N2O2/c1-20(25-11-7-9-21-8-3-4-10-26(21)25)29-18-23-19-32-28-13-6-5-12-27(28)30(23)22-14-16-24(31-2)17-15-22/h3-17,20,23,29H,18-19H2,1-2H3/t20-,23?/m1/s1. The van der Waals surface area contributed by atoms with Gasteiger partial charge in [-0.25, -0.2) is 0 Å². The van der Waals surface area contributed by atoms with Gasteiger partial charge in [0.05, 0.1) is 18.8 Å². The minimum Gasteiger partial charge on any atom is -0.497 e. The van der Waals surface area contributed by atoms with Gasteiger partial charge in [0.2, 0.25) is 0 Å². The lowest BCUT2D eigenvalue weighted by atomic mass is 9.99. The van der Waals surface area contributed by atoms with Crippen molar-refractivity contribution in [1.29, 1.82) is 0 Å². The Morgan fingerprint density at radius 2 is 1.69 bits per heavy atom. The Hall–Kier alpha value is -3.50. The summed E-state index contributed by atoms with van der Waals surface area (Å²) in [6.45, 7) is 3.65. The van der Waals surface area contributed by atoms with E-state index >= 15 is 0 Å². The van der Waals surface area contributed by atoms with Gasteiger partial charge in [-0.1, -0.05) is 54.6 Å². The Morgan fingerprint density at radius 1 is 0.938 bits per heavy atom. The van der Waals surface area contributed by atoms with Crippen molar-refractivity contribution in [3.8, 4) is 11.5 Å². The quantitative estimate of drug-likeness (QED) is 0.406. The predicted octanol–water partition coefficient (Wildman–Crippen LogP) is 6.10. The number of methoxy groups -OCH3 is 1. The zero-order valence-electron chi connectivity index (χ0n) is 18.5. The molecule has 5 rings (SSSR count). The highest BCUT2D eigenvalue weighted by atomic mass is 16.5. The third-order valence-electron chi connectivity index (χ3n) is 6.22. The number of ether oxygens (including phenoxy) is 2. The van der Waals surface area contributed by atoms with Crippen molar-refractivity contribution in [1.82, 2.24) is 5.32 Å². The molecule has 4 aromatic rings. The van der Waals surface area contributed by atoms with Crippen LogP contribution in [0.3, 0.4) is 0 Å². The number of nitrogens with zero attached hydrogens (tertiary/aromatic N) is 1. The third kappa shape index (κ3) is 3.90. The normalized spacial score (nSPS) is 16.3. The lowest BCUT2D eigenvalue weighted by Crippen LogP contribution is -2.46. The van der Waals surface area contributed by atoms with Crippen LogP contribution in [-0.4, -0.2) is 26.3 Å². The van der Waals surface area contributed by atoms with E-state index in [4.69, 9.17) is 9.47 Å². The van der Waals surface area contributed by atoms with E-state index in [1.165, 1.54) is 16.3 Å². The summed E-state index contributed by atoms with van der Waals surface area (Å²) in [6, 6.07) is 32.0. The van der Waals surface area contributed by atoms with Gasteiger partial charge in [-0.2, -0.15) is 0 Å². The van der Waals surface area contributed by atoms with Crippen LogP contribution in [0.5, 0.6) is 11.5 Å². The molecule has 0 spiro atoms. The van der Waals surface area contributed by atoms with E-state index in [9.17, 15) is 0 Å². The molecule has 4 nitrogen and oxygen atoms in total. The molecule has 0 bridgehead atoms. The van der Waals surface area contributed by atoms with Crippen LogP contribution < -0.4 is 19.7 Å². The fourth-order valence-electron chi connectivity index (χ4n) is 4.53. The predicted molar refractivity (Wildman–Crippen MR) is 131 cm³/mol. The summed E-state index contributed by atoms with van der Waals surface area (Å²) in [5.74, 6) is 1.77. The van der Waals surface area contributed by atoms with Crippen LogP contribution >= 0.6 is 0 Å². The smallest absolute Gasteiger partial charge is 0.143 e. The van der Waals surface area contributed by atoms with Gasteiger partial charge in [-0.15, -0.1) is 0 Å². The highest BCUT2D eigenvalue weighted by molar-refractivity contribution is 5.86. The second-order valence-corrected chi connectivity index (χ2v) is 8.20. The zero-order chi connectivity index (χ0) is 21.9. The van der Waals surface area contributed by atoms with Crippen molar-refractivity contribution < 1.29 is 9.47 Å². The van der Waals surface area contributed by atoms with Gasteiger partial charge >= 0.3 is 0 Å². The number of rotatable bonds is 6. The topological polar surface area (TPSA) is 33.7 Å². The monoisotopic (exact) mass is 424 g/mol. The number of hydrogen-bond acceptors (Lipinski definition) is 4. The summed E-state index contributed by atoms with van der Waals surface area (Å²) in [5.41, 5.74) is 3.54. The molecular weight excluding hydrogens is 396 g/mol. The van der Waals surface area contributed by atoms with Crippen molar-refractivity contribution in [3.05, 3.63) is 96.6 Å². The highest BCUT2D eigenvalue weighted by Crippen LogP contribution is 2.39. The summed E-state index contributed by atoms with van der Waals surface area (Å²) in [4.78, 5) is 2.38. The highest BCUT2D eigenvalue weighted by Gasteiger charge is 2.29. The minimum absolute atomic E-state index is 0.163. The number of para-hydroxylation sites is 2. The van der Waals surface area contributed by atoms with E-state index in [2.05, 4.69) is 83.9 Å². The molecule has 0 aliphatic carbocycles. The molecule has 1 N–H and O–H groups in total. The van der Waals surface area contributed by atoms with E-state index in [1.807, 2.05) is 24.3 Å². The van der Waals surface area contributed by atoms with E-state index in [1.54, 1.807) is 7.11 Å². The van der Waals surface area contributed by atoms with Crippen molar-refractivity contribution >= 4 is 22.1 Å². The van der Waals surface area contributed by atoms with Crippen LogP contribution in [0.4, 0.5) is 11.4 Å². The number of nitrogens with one attached hydrogen (secondary N) is 1. The van der Waals surface area contributed by atoms with Gasteiger partial charge in [0.15, 0.2) is 0 Å². The molecule has 1 aliphatic rings. The average Bonchev–Trinajstić information content (AvgIpc) is 2.86. The Labute approximate surface area is 189 Å². The van der Waals surface area contributed by atoms with Crippen LogP contribution in [0, 0.1) is 0 Å². The molecular formula is C28H28N2O2. The van der Waals surface area contributed by atoms with Gasteiger partial charge in [0.1, 0.15) is 18.1 Å². The number of anilines is 2. The SMILES string of the molecule is COc1ccc(N2c3ccccc3OCC2CN[C@H](C)c2cccc3ccccc23)cc1. The molecule has 0 radical (unpaired) electrons. The average molecular weight is 425 g/mol. The maximum absolute atomic E-state index is 6.13. The molecule has 1 aliphatic heterocycles. The lowest BCUT2D eigenvalue weighted by molar-refractivity contribution is 0.264. The minimum atomic E-state index is 0.163. The molecule has 2 atom stereocenters. The Kier molecular flexibility index (Phi) is 5.70. The first-order valence-corrected chi connectivity index (χ1v) is 11.1. The molecule has 0 fully saturated rings. The molecule has 0 aromatic heterocycles. The van der Waals surface area contributed by atoms with Gasteiger partial charge < -0.3 is 19.7 Å². The maximum Gasteiger partial charge on any atom is 0.143 e. The molecule has 1 heterocycles. The molecule has 0 amide bonds. The molecule has 4 aromatic carbocycles. The van der Waals surface area contributed by atoms with E-state index in [0.29, 0.717) is 6.61 Å². The molecule has 0 saturated carbocycles. The summed E-state index contributed by atoms with van der Waals surface area (Å²) in [6.07, 6.45) is 0. The van der Waals surface area contributed by atoms with Gasteiger partial charge in [0, 0.05) is 18.3 Å². The second-order valence-electron chi connectivity index (χ2n) is 8.20. The second kappa shape index (κ2) is 8.93. The fraction of sp³-hybridized carbons (Fsp3) is 0.214. The molecule has 32 heavy (non-hydrogen) atoms. The molecule has 4 heteroatoms. The molecule has 0 saturated heterocycles. The van der Waals surface area contributed by atoms with Crippen LogP contribution in [0.2, 0.25) is 0 Å². The lowest BCUT2D eigenvalue weighted by Gasteiger charge is -2.39. The number of benzene rings is 4. The van der Waals surface area contributed by atoms with Crippen LogP contribution in [0.25, 0.3) is 10.8 Å². The van der Waals surface area contributed by atoms with Gasteiger partial charge in [-0.3, -0.25) is 0 Å². The number of hydrogen-bond donors (Lipinski definition) is 1. The van der Waals surface area contributed by atoms with Crippen LogP contribution in [0.1, 0.15) is 18.5 Å².